The third kappa shape index (κ3) is 3.08. The van der Waals surface area contributed by atoms with E-state index < -0.39 is 30.7 Å². The standard InChI is InChI=1S/C9H14F3NO3/c1-5-2-13(3-6(5)8(15)16)4-7(14)9(10,11)12/h5-7,14H,2-4H2,1H3,(H,15,16). The quantitative estimate of drug-likeness (QED) is 0.758. The molecule has 16 heavy (non-hydrogen) atoms. The zero-order valence-electron chi connectivity index (χ0n) is 8.74. The number of alkyl halides is 3. The number of carbonyl (C=O) groups is 1. The molecule has 0 saturated carbocycles. The van der Waals surface area contributed by atoms with Gasteiger partial charge in [0.2, 0.25) is 0 Å². The van der Waals surface area contributed by atoms with E-state index in [0.717, 1.165) is 0 Å². The van der Waals surface area contributed by atoms with Crippen LogP contribution in [0.4, 0.5) is 13.2 Å². The Morgan fingerprint density at radius 2 is 2.06 bits per heavy atom. The van der Waals surface area contributed by atoms with E-state index in [4.69, 9.17) is 10.2 Å². The zero-order valence-corrected chi connectivity index (χ0v) is 8.74. The highest BCUT2D eigenvalue weighted by Crippen LogP contribution is 2.26. The molecule has 7 heteroatoms. The van der Waals surface area contributed by atoms with Gasteiger partial charge < -0.3 is 10.2 Å². The summed E-state index contributed by atoms with van der Waals surface area (Å²) in [6.45, 7) is 1.45. The van der Waals surface area contributed by atoms with Crippen LogP contribution in [0.2, 0.25) is 0 Å². The van der Waals surface area contributed by atoms with Crippen molar-refractivity contribution >= 4 is 5.97 Å². The highest BCUT2D eigenvalue weighted by Gasteiger charge is 2.42. The van der Waals surface area contributed by atoms with Crippen LogP contribution < -0.4 is 0 Å². The molecule has 0 radical (unpaired) electrons. The first-order valence-corrected chi connectivity index (χ1v) is 4.91. The van der Waals surface area contributed by atoms with Crippen LogP contribution in [-0.4, -0.2) is 53.0 Å². The van der Waals surface area contributed by atoms with Crippen molar-refractivity contribution in [3.05, 3.63) is 0 Å². The Balaban J connectivity index is 2.51. The largest absolute Gasteiger partial charge is 0.481 e. The summed E-state index contributed by atoms with van der Waals surface area (Å²) in [5, 5.41) is 17.6. The van der Waals surface area contributed by atoms with Gasteiger partial charge in [0, 0.05) is 19.6 Å². The monoisotopic (exact) mass is 241 g/mol. The smallest absolute Gasteiger partial charge is 0.415 e. The number of aliphatic hydroxyl groups is 1. The van der Waals surface area contributed by atoms with Gasteiger partial charge >= 0.3 is 12.1 Å². The molecule has 0 aromatic rings. The molecule has 4 nitrogen and oxygen atoms in total. The Morgan fingerprint density at radius 1 is 1.50 bits per heavy atom. The average Bonchev–Trinajstić information content (AvgIpc) is 2.45. The van der Waals surface area contributed by atoms with Crippen LogP contribution in [0.5, 0.6) is 0 Å². The van der Waals surface area contributed by atoms with E-state index in [-0.39, 0.29) is 19.0 Å². The number of aliphatic hydroxyl groups excluding tert-OH is 1. The van der Waals surface area contributed by atoms with Gasteiger partial charge in [-0.1, -0.05) is 6.92 Å². The lowest BCUT2D eigenvalue weighted by atomic mass is 9.99. The van der Waals surface area contributed by atoms with Crippen molar-refractivity contribution in [3.63, 3.8) is 0 Å². The number of hydrogen-bond donors (Lipinski definition) is 2. The first-order valence-electron chi connectivity index (χ1n) is 4.91. The van der Waals surface area contributed by atoms with Gasteiger partial charge in [-0.05, 0) is 5.92 Å². The Hall–Kier alpha value is -0.820. The molecule has 1 aliphatic rings. The maximum absolute atomic E-state index is 12.1. The number of hydrogen-bond acceptors (Lipinski definition) is 3. The molecule has 3 atom stereocenters. The van der Waals surface area contributed by atoms with Crippen molar-refractivity contribution in [1.82, 2.24) is 4.90 Å². The number of aliphatic carboxylic acids is 1. The molecular weight excluding hydrogens is 227 g/mol. The molecule has 0 amide bonds. The normalized spacial score (nSPS) is 29.3. The number of halogens is 3. The van der Waals surface area contributed by atoms with E-state index >= 15 is 0 Å². The van der Waals surface area contributed by atoms with Crippen molar-refractivity contribution in [2.75, 3.05) is 19.6 Å². The summed E-state index contributed by atoms with van der Waals surface area (Å²) >= 11 is 0. The van der Waals surface area contributed by atoms with E-state index in [1.54, 1.807) is 6.92 Å². The topological polar surface area (TPSA) is 60.8 Å². The molecule has 1 saturated heterocycles. The predicted octanol–water partition coefficient (Wildman–Crippen LogP) is 0.562. The van der Waals surface area contributed by atoms with Gasteiger partial charge in [-0.25, -0.2) is 0 Å². The van der Waals surface area contributed by atoms with Gasteiger partial charge in [-0.15, -0.1) is 0 Å². The van der Waals surface area contributed by atoms with Crippen LogP contribution in [0.1, 0.15) is 6.92 Å². The number of nitrogens with zero attached hydrogens (tertiary/aromatic N) is 1. The second kappa shape index (κ2) is 4.58. The summed E-state index contributed by atoms with van der Waals surface area (Å²) < 4.78 is 36.2. The second-order valence-corrected chi connectivity index (χ2v) is 4.20. The van der Waals surface area contributed by atoms with Gasteiger partial charge in [0.25, 0.3) is 0 Å². The van der Waals surface area contributed by atoms with E-state index in [9.17, 15) is 18.0 Å². The van der Waals surface area contributed by atoms with E-state index in [2.05, 4.69) is 0 Å². The third-order valence-corrected chi connectivity index (χ3v) is 2.81. The fourth-order valence-electron chi connectivity index (χ4n) is 1.89. The van der Waals surface area contributed by atoms with Crippen molar-refractivity contribution in [2.24, 2.45) is 11.8 Å². The van der Waals surface area contributed by atoms with Gasteiger partial charge in [0.15, 0.2) is 6.10 Å². The molecule has 0 bridgehead atoms. The first kappa shape index (κ1) is 13.2. The summed E-state index contributed by atoms with van der Waals surface area (Å²) in [6, 6.07) is 0. The fraction of sp³-hybridized carbons (Fsp3) is 0.889. The predicted molar refractivity (Wildman–Crippen MR) is 48.8 cm³/mol. The molecule has 1 aliphatic heterocycles. The number of likely N-dealkylation sites (tertiary alicyclic amines) is 1. The maximum atomic E-state index is 12.1. The highest BCUT2D eigenvalue weighted by molar-refractivity contribution is 5.71. The van der Waals surface area contributed by atoms with Crippen molar-refractivity contribution < 1.29 is 28.2 Å². The van der Waals surface area contributed by atoms with Crippen LogP contribution in [0.3, 0.4) is 0 Å². The van der Waals surface area contributed by atoms with Crippen LogP contribution in [-0.2, 0) is 4.79 Å². The van der Waals surface area contributed by atoms with Crippen molar-refractivity contribution in [1.29, 1.82) is 0 Å². The third-order valence-electron chi connectivity index (χ3n) is 2.81. The molecule has 0 aliphatic carbocycles. The summed E-state index contributed by atoms with van der Waals surface area (Å²) in [7, 11) is 0. The molecule has 0 aromatic carbocycles. The fourth-order valence-corrected chi connectivity index (χ4v) is 1.89. The van der Waals surface area contributed by atoms with Gasteiger partial charge in [0.05, 0.1) is 5.92 Å². The maximum Gasteiger partial charge on any atom is 0.415 e. The second-order valence-electron chi connectivity index (χ2n) is 4.20. The number of β-amino-alcohol motifs (C(OH)–C–C–N with tert-alkyl or cyclic N) is 1. The van der Waals surface area contributed by atoms with Gasteiger partial charge in [-0.3, -0.25) is 9.69 Å². The van der Waals surface area contributed by atoms with E-state index in [1.165, 1.54) is 4.90 Å². The Bertz CT molecular complexity index is 269. The van der Waals surface area contributed by atoms with Gasteiger partial charge in [-0.2, -0.15) is 13.2 Å². The van der Waals surface area contributed by atoms with Crippen LogP contribution in [0, 0.1) is 11.8 Å². The lowest BCUT2D eigenvalue weighted by Crippen LogP contribution is -2.40. The summed E-state index contributed by atoms with van der Waals surface area (Å²) in [6.07, 6.45) is -7.06. The highest BCUT2D eigenvalue weighted by atomic mass is 19.4. The molecule has 0 spiro atoms. The zero-order chi connectivity index (χ0) is 12.5. The average molecular weight is 241 g/mol. The minimum Gasteiger partial charge on any atom is -0.481 e. The first-order chi connectivity index (χ1) is 7.21. The molecule has 0 aromatic heterocycles. The Morgan fingerprint density at radius 3 is 2.44 bits per heavy atom. The van der Waals surface area contributed by atoms with Gasteiger partial charge in [0.1, 0.15) is 0 Å². The molecule has 2 N–H and O–H groups in total. The Labute approximate surface area is 90.7 Å². The molecule has 1 heterocycles. The van der Waals surface area contributed by atoms with E-state index in [1.807, 2.05) is 0 Å². The van der Waals surface area contributed by atoms with Crippen LogP contribution >= 0.6 is 0 Å². The Kier molecular flexibility index (Phi) is 3.80. The molecule has 3 unspecified atom stereocenters. The molecule has 1 fully saturated rings. The van der Waals surface area contributed by atoms with Crippen molar-refractivity contribution in [3.8, 4) is 0 Å². The van der Waals surface area contributed by atoms with E-state index in [0.29, 0.717) is 0 Å². The lowest BCUT2D eigenvalue weighted by Gasteiger charge is -2.21. The molecule has 94 valence electrons. The minimum atomic E-state index is -4.65. The van der Waals surface area contributed by atoms with Crippen LogP contribution in [0.25, 0.3) is 0 Å². The lowest BCUT2D eigenvalue weighted by molar-refractivity contribution is -0.207. The summed E-state index contributed by atoms with van der Waals surface area (Å²) in [4.78, 5) is 12.1. The SMILES string of the molecule is CC1CN(CC(O)C(F)(F)F)CC1C(=O)O. The minimum absolute atomic E-state index is 0.0592. The summed E-state index contributed by atoms with van der Waals surface area (Å²) in [5.74, 6) is -1.85. The number of carboxylic acid groups (broad SMARTS) is 1. The number of rotatable bonds is 3. The van der Waals surface area contributed by atoms with Crippen LogP contribution in [0.15, 0.2) is 0 Å². The molecular formula is C9H14F3NO3. The summed E-state index contributed by atoms with van der Waals surface area (Å²) in [5.41, 5.74) is 0. The molecule has 1 rings (SSSR count). The number of carboxylic acids is 1. The van der Waals surface area contributed by atoms with Crippen molar-refractivity contribution in [2.45, 2.75) is 19.2 Å².